The largest absolute Gasteiger partial charge is 0.321 e. The maximum absolute atomic E-state index is 13.8. The summed E-state index contributed by atoms with van der Waals surface area (Å²) in [6.45, 7) is 7.14. The number of benzene rings is 2. The molecule has 0 saturated heterocycles. The van der Waals surface area contributed by atoms with Gasteiger partial charge in [-0.15, -0.1) is 0 Å². The number of hydrogen-bond acceptors (Lipinski definition) is 6. The van der Waals surface area contributed by atoms with Crippen molar-refractivity contribution in [3.63, 3.8) is 0 Å². The van der Waals surface area contributed by atoms with E-state index in [1.807, 2.05) is 31.2 Å². The average molecular weight is 485 g/mol. The maximum Gasteiger partial charge on any atom is 0.321 e. The molecule has 1 atom stereocenters. The fourth-order valence-electron chi connectivity index (χ4n) is 3.68. The van der Waals surface area contributed by atoms with Gasteiger partial charge in [-0.2, -0.15) is 0 Å². The van der Waals surface area contributed by atoms with E-state index in [4.69, 9.17) is 0 Å². The number of ketones is 1. The minimum Gasteiger partial charge on any atom is -0.308 e. The Morgan fingerprint density at radius 1 is 1.00 bits per heavy atom. The third kappa shape index (κ3) is 5.46. The monoisotopic (exact) mass is 484 g/mol. The van der Waals surface area contributed by atoms with E-state index in [0.717, 1.165) is 5.56 Å². The third-order valence-electron chi connectivity index (χ3n) is 5.67. The van der Waals surface area contributed by atoms with Gasteiger partial charge in [-0.1, -0.05) is 51.1 Å². The number of amides is 3. The number of hydrogen-bond donors (Lipinski definition) is 2. The number of para-hydroxylation sites is 1. The van der Waals surface area contributed by atoms with E-state index in [1.165, 1.54) is 4.90 Å². The number of aromatic nitrogens is 2. The van der Waals surface area contributed by atoms with Crippen molar-refractivity contribution < 1.29 is 14.4 Å². The minimum absolute atomic E-state index is 0.131. The SMILES string of the molecule is Cc1cccc(NC(=O)NC2N=C(c3ncccn3)c3ccccc3N(CC(=O)C(C)(C)C)C2=O)c1. The Labute approximate surface area is 209 Å². The van der Waals surface area contributed by atoms with Gasteiger partial charge in [0.25, 0.3) is 5.91 Å². The van der Waals surface area contributed by atoms with Crippen LogP contribution in [0.5, 0.6) is 0 Å². The van der Waals surface area contributed by atoms with Gasteiger partial charge < -0.3 is 15.5 Å². The summed E-state index contributed by atoms with van der Waals surface area (Å²) in [6, 6.07) is 15.5. The zero-order valence-corrected chi connectivity index (χ0v) is 20.6. The molecular weight excluding hydrogens is 456 g/mol. The normalized spacial score (nSPS) is 15.4. The molecule has 184 valence electrons. The van der Waals surface area contributed by atoms with Crippen LogP contribution in [0.3, 0.4) is 0 Å². The molecule has 36 heavy (non-hydrogen) atoms. The first kappa shape index (κ1) is 24.7. The van der Waals surface area contributed by atoms with Gasteiger partial charge in [-0.25, -0.2) is 19.8 Å². The van der Waals surface area contributed by atoms with E-state index >= 15 is 0 Å². The number of carbonyl (C=O) groups is 3. The van der Waals surface area contributed by atoms with Gasteiger partial charge in [0.2, 0.25) is 6.17 Å². The molecule has 2 heterocycles. The second-order valence-electron chi connectivity index (χ2n) is 9.54. The number of benzodiazepines with no additional fused rings is 1. The van der Waals surface area contributed by atoms with Crippen LogP contribution in [0, 0.1) is 12.3 Å². The molecule has 2 N–H and O–H groups in total. The average Bonchev–Trinajstić information content (AvgIpc) is 2.94. The molecule has 0 aliphatic carbocycles. The van der Waals surface area contributed by atoms with Crippen LogP contribution in [0.4, 0.5) is 16.2 Å². The van der Waals surface area contributed by atoms with Crippen molar-refractivity contribution in [2.24, 2.45) is 10.4 Å². The van der Waals surface area contributed by atoms with E-state index in [-0.39, 0.29) is 12.3 Å². The molecule has 1 aromatic heterocycles. The number of fused-ring (bicyclic) bond motifs is 1. The summed E-state index contributed by atoms with van der Waals surface area (Å²) in [7, 11) is 0. The Morgan fingerprint density at radius 2 is 1.72 bits per heavy atom. The lowest BCUT2D eigenvalue weighted by Gasteiger charge is -2.28. The molecule has 0 spiro atoms. The fraction of sp³-hybridized carbons (Fsp3) is 0.259. The molecule has 0 fully saturated rings. The van der Waals surface area contributed by atoms with Crippen LogP contribution in [-0.4, -0.2) is 46.1 Å². The van der Waals surface area contributed by atoms with Crippen molar-refractivity contribution in [3.05, 3.63) is 83.9 Å². The summed E-state index contributed by atoms with van der Waals surface area (Å²) in [4.78, 5) is 54.3. The van der Waals surface area contributed by atoms with Crippen LogP contribution < -0.4 is 15.5 Å². The number of urea groups is 1. The minimum atomic E-state index is -1.31. The Morgan fingerprint density at radius 3 is 2.42 bits per heavy atom. The molecule has 3 amide bonds. The van der Waals surface area contributed by atoms with Gasteiger partial charge in [0.05, 0.1) is 12.2 Å². The molecule has 4 rings (SSSR count). The topological polar surface area (TPSA) is 117 Å². The van der Waals surface area contributed by atoms with E-state index in [1.54, 1.807) is 63.5 Å². The number of aliphatic imine (C=N–C) groups is 1. The highest BCUT2D eigenvalue weighted by molar-refractivity contribution is 6.19. The standard InChI is InChI=1S/C27H28N6O3/c1-17-9-7-10-18(15-17)30-26(36)32-24-25(35)33(16-21(34)27(2,3)4)20-12-6-5-11-19(20)22(31-24)23-28-13-8-14-29-23/h5-15,24H,16H2,1-4H3,(H2,30,32,36). The van der Waals surface area contributed by atoms with Gasteiger partial charge in [-0.3, -0.25) is 9.59 Å². The summed E-state index contributed by atoms with van der Waals surface area (Å²) < 4.78 is 0. The third-order valence-corrected chi connectivity index (χ3v) is 5.67. The molecule has 1 aliphatic heterocycles. The highest BCUT2D eigenvalue weighted by atomic mass is 16.2. The lowest BCUT2D eigenvalue weighted by atomic mass is 9.90. The molecule has 0 radical (unpaired) electrons. The smallest absolute Gasteiger partial charge is 0.308 e. The van der Waals surface area contributed by atoms with Crippen molar-refractivity contribution >= 4 is 34.8 Å². The number of nitrogens with zero attached hydrogens (tertiary/aromatic N) is 4. The molecule has 9 nitrogen and oxygen atoms in total. The zero-order valence-electron chi connectivity index (χ0n) is 20.6. The summed E-state index contributed by atoms with van der Waals surface area (Å²) in [5, 5.41) is 5.40. The maximum atomic E-state index is 13.8. The molecule has 0 saturated carbocycles. The Hall–Kier alpha value is -4.40. The van der Waals surface area contributed by atoms with E-state index < -0.39 is 23.5 Å². The van der Waals surface area contributed by atoms with Crippen LogP contribution in [0.15, 0.2) is 72.0 Å². The van der Waals surface area contributed by atoms with Crippen LogP contribution in [0.25, 0.3) is 0 Å². The highest BCUT2D eigenvalue weighted by Gasteiger charge is 2.36. The molecular formula is C27H28N6O3. The van der Waals surface area contributed by atoms with Gasteiger partial charge in [0, 0.05) is 29.1 Å². The quantitative estimate of drug-likeness (QED) is 0.572. The summed E-state index contributed by atoms with van der Waals surface area (Å²) in [5.74, 6) is -0.369. The Bertz CT molecular complexity index is 1330. The van der Waals surface area contributed by atoms with Crippen LogP contribution in [-0.2, 0) is 9.59 Å². The van der Waals surface area contributed by atoms with Crippen molar-refractivity contribution in [3.8, 4) is 0 Å². The number of carbonyl (C=O) groups excluding carboxylic acids is 3. The molecule has 0 bridgehead atoms. The Kier molecular flexibility index (Phi) is 6.91. The lowest BCUT2D eigenvalue weighted by Crippen LogP contribution is -2.50. The van der Waals surface area contributed by atoms with Crippen molar-refractivity contribution in [1.82, 2.24) is 15.3 Å². The van der Waals surface area contributed by atoms with Gasteiger partial charge in [-0.05, 0) is 36.8 Å². The predicted octanol–water partition coefficient (Wildman–Crippen LogP) is 3.73. The van der Waals surface area contributed by atoms with Crippen LogP contribution >= 0.6 is 0 Å². The number of anilines is 2. The number of aryl methyl sites for hydroxylation is 1. The van der Waals surface area contributed by atoms with Crippen molar-refractivity contribution in [2.45, 2.75) is 33.9 Å². The number of nitrogens with one attached hydrogen (secondary N) is 2. The van der Waals surface area contributed by atoms with Crippen molar-refractivity contribution in [2.75, 3.05) is 16.8 Å². The fourth-order valence-corrected chi connectivity index (χ4v) is 3.68. The first-order chi connectivity index (χ1) is 17.1. The second-order valence-corrected chi connectivity index (χ2v) is 9.54. The van der Waals surface area contributed by atoms with E-state index in [0.29, 0.717) is 28.5 Å². The highest BCUT2D eigenvalue weighted by Crippen LogP contribution is 2.28. The zero-order chi connectivity index (χ0) is 25.9. The second kappa shape index (κ2) is 10.1. The van der Waals surface area contributed by atoms with Gasteiger partial charge in [0.15, 0.2) is 11.6 Å². The lowest BCUT2D eigenvalue weighted by molar-refractivity contribution is -0.127. The van der Waals surface area contributed by atoms with Gasteiger partial charge in [0.1, 0.15) is 5.71 Å². The predicted molar refractivity (Wildman–Crippen MR) is 138 cm³/mol. The van der Waals surface area contributed by atoms with Crippen molar-refractivity contribution in [1.29, 1.82) is 0 Å². The molecule has 1 aliphatic rings. The number of rotatable bonds is 5. The molecule has 1 unspecified atom stereocenters. The van der Waals surface area contributed by atoms with E-state index in [9.17, 15) is 14.4 Å². The summed E-state index contributed by atoms with van der Waals surface area (Å²) in [6.07, 6.45) is 1.84. The van der Waals surface area contributed by atoms with Crippen LogP contribution in [0.1, 0.15) is 37.7 Å². The van der Waals surface area contributed by atoms with Crippen LogP contribution in [0.2, 0.25) is 0 Å². The molecule has 3 aromatic rings. The Balaban J connectivity index is 1.75. The first-order valence-electron chi connectivity index (χ1n) is 11.6. The summed E-state index contributed by atoms with van der Waals surface area (Å²) >= 11 is 0. The molecule has 2 aromatic carbocycles. The van der Waals surface area contributed by atoms with Gasteiger partial charge >= 0.3 is 6.03 Å². The summed E-state index contributed by atoms with van der Waals surface area (Å²) in [5.41, 5.74) is 2.30. The molecule has 9 heteroatoms. The van der Waals surface area contributed by atoms with E-state index in [2.05, 4.69) is 25.6 Å². The first-order valence-corrected chi connectivity index (χ1v) is 11.6. The number of Topliss-reactive ketones (excluding diaryl/α,β-unsaturated/α-hetero) is 1.